The maximum absolute atomic E-state index is 15.9. The van der Waals surface area contributed by atoms with E-state index in [1.165, 1.54) is 19.2 Å². The summed E-state index contributed by atoms with van der Waals surface area (Å²) in [7, 11) is 2.13. The zero-order chi connectivity index (χ0) is 42.0. The Hall–Kier alpha value is -4.09. The van der Waals surface area contributed by atoms with E-state index in [-0.39, 0.29) is 36.4 Å². The van der Waals surface area contributed by atoms with E-state index in [9.17, 15) is 35.6 Å². The van der Waals surface area contributed by atoms with Gasteiger partial charge in [0, 0.05) is 47.3 Å². The largest absolute Gasteiger partial charge is 0.495 e. The molecule has 18 heteroatoms. The van der Waals surface area contributed by atoms with Gasteiger partial charge in [-0.1, -0.05) is 43.1 Å². The van der Waals surface area contributed by atoms with Crippen LogP contribution < -0.4 is 4.74 Å². The fourth-order valence-corrected chi connectivity index (χ4v) is 8.22. The molecular weight excluding hydrogens is 806 g/mol. The van der Waals surface area contributed by atoms with Gasteiger partial charge in [-0.05, 0) is 67.4 Å². The summed E-state index contributed by atoms with van der Waals surface area (Å²) in [4.78, 5) is 28.0. The second-order valence-corrected chi connectivity index (χ2v) is 17.3. The van der Waals surface area contributed by atoms with Crippen molar-refractivity contribution < 1.29 is 53.9 Å². The summed E-state index contributed by atoms with van der Waals surface area (Å²) in [6.45, 7) is 4.86. The van der Waals surface area contributed by atoms with Crippen LogP contribution in [0.15, 0.2) is 65.7 Å². The molecule has 1 unspecified atom stereocenters. The minimum absolute atomic E-state index is 0.0673. The van der Waals surface area contributed by atoms with Gasteiger partial charge >= 0.3 is 18.1 Å². The van der Waals surface area contributed by atoms with Crippen LogP contribution in [-0.4, -0.2) is 92.3 Å². The van der Waals surface area contributed by atoms with E-state index in [0.717, 1.165) is 18.6 Å². The maximum atomic E-state index is 15.9. The number of alkyl halides is 3. The molecule has 0 aliphatic heterocycles. The molecule has 0 spiro atoms. The number of esters is 2. The zero-order valence-electron chi connectivity index (χ0n) is 31.7. The minimum atomic E-state index is -5.51. The Balaban J connectivity index is 1.70. The second-order valence-electron chi connectivity index (χ2n) is 14.6. The van der Waals surface area contributed by atoms with Crippen LogP contribution in [0, 0.1) is 11.6 Å². The van der Waals surface area contributed by atoms with Gasteiger partial charge < -0.3 is 14.0 Å². The lowest BCUT2D eigenvalue weighted by Crippen LogP contribution is -2.47. The molecule has 0 fully saturated rings. The number of aryl methyl sites for hydroxylation is 1. The molecule has 0 aliphatic carbocycles. The van der Waals surface area contributed by atoms with E-state index in [2.05, 4.69) is 9.72 Å². The Labute approximate surface area is 332 Å². The molecule has 1 aromatic heterocycles. The van der Waals surface area contributed by atoms with E-state index >= 15 is 4.39 Å². The number of nitrogens with zero attached hydrogens (tertiary/aromatic N) is 4. The van der Waals surface area contributed by atoms with Gasteiger partial charge in [-0.2, -0.15) is 17.5 Å². The standard InChI is InChI=1S/C38H42Cl2F5N4O6S/c1-23(35(50)55-36(51)38(43,44)45)47(17-8-18-49(4,5)6)56(52,53)27-20-30(40)28(31(42)21-27)14-16-34-46-22-33(48(34)26-12-10-25(41)11-13-26)37(2,3)24-9-15-29(39)32(19-24)54-7/h9-13,15,19-23H,8,14,16-18H2,1-7H3/q+1. The second kappa shape index (κ2) is 17.2. The molecule has 3 aromatic carbocycles. The third kappa shape index (κ3) is 10.3. The monoisotopic (exact) mass is 847 g/mol. The van der Waals surface area contributed by atoms with Gasteiger partial charge in [0.2, 0.25) is 10.0 Å². The highest BCUT2D eigenvalue weighted by atomic mass is 35.5. The average Bonchev–Trinajstić information content (AvgIpc) is 3.53. The Morgan fingerprint density at radius 3 is 2.18 bits per heavy atom. The minimum Gasteiger partial charge on any atom is -0.495 e. The normalized spacial score (nSPS) is 13.2. The van der Waals surface area contributed by atoms with Crippen LogP contribution in [0.3, 0.4) is 0 Å². The Kier molecular flexibility index (Phi) is 13.7. The van der Waals surface area contributed by atoms with Crippen molar-refractivity contribution >= 4 is 45.2 Å². The molecule has 0 amide bonds. The van der Waals surface area contributed by atoms with E-state index in [1.807, 2.05) is 45.6 Å². The number of aromatic nitrogens is 2. The smallest absolute Gasteiger partial charge is 0.491 e. The van der Waals surface area contributed by atoms with Crippen molar-refractivity contribution in [2.45, 2.75) is 62.6 Å². The van der Waals surface area contributed by atoms with Crippen molar-refractivity contribution in [1.29, 1.82) is 0 Å². The molecule has 0 aliphatic rings. The molecule has 0 radical (unpaired) electrons. The molecule has 0 N–H and O–H groups in total. The van der Waals surface area contributed by atoms with Crippen LogP contribution in [0.25, 0.3) is 5.69 Å². The van der Waals surface area contributed by atoms with Crippen LogP contribution in [0.2, 0.25) is 10.0 Å². The Morgan fingerprint density at radius 1 is 0.964 bits per heavy atom. The van der Waals surface area contributed by atoms with Crippen molar-refractivity contribution in [2.75, 3.05) is 41.3 Å². The first kappa shape index (κ1) is 44.6. The van der Waals surface area contributed by atoms with Crippen molar-refractivity contribution in [3.05, 3.63) is 105 Å². The molecule has 4 rings (SSSR count). The molecule has 10 nitrogen and oxygen atoms in total. The zero-order valence-corrected chi connectivity index (χ0v) is 34.0. The number of hydrogen-bond acceptors (Lipinski definition) is 7. The van der Waals surface area contributed by atoms with Crippen LogP contribution in [0.5, 0.6) is 5.75 Å². The molecule has 56 heavy (non-hydrogen) atoms. The fraction of sp³-hybridized carbons (Fsp3) is 0.395. The number of imidazole rings is 1. The van der Waals surface area contributed by atoms with E-state index in [4.69, 9.17) is 27.9 Å². The molecule has 0 saturated carbocycles. The SMILES string of the molecule is COc1cc(C(C)(C)c2cnc(CCc3c(F)cc(S(=O)(=O)N(CCC[N+](C)(C)C)C(C)C(=O)OC(=O)C(F)(F)F)cc3Cl)n2-c2ccc(F)cc2)ccc1Cl. The Bertz CT molecular complexity index is 2170. The summed E-state index contributed by atoms with van der Waals surface area (Å²) in [6, 6.07) is 10.8. The molecule has 0 bridgehead atoms. The summed E-state index contributed by atoms with van der Waals surface area (Å²) in [5, 5.41) is 0.130. The maximum Gasteiger partial charge on any atom is 0.491 e. The summed E-state index contributed by atoms with van der Waals surface area (Å²) >= 11 is 12.8. The van der Waals surface area contributed by atoms with Gasteiger partial charge in [-0.25, -0.2) is 31.8 Å². The highest BCUT2D eigenvalue weighted by Crippen LogP contribution is 2.38. The highest BCUT2D eigenvalue weighted by Gasteiger charge is 2.44. The first-order chi connectivity index (χ1) is 25.9. The fourth-order valence-electron chi connectivity index (χ4n) is 6.00. The molecule has 304 valence electrons. The third-order valence-corrected chi connectivity index (χ3v) is 11.8. The summed E-state index contributed by atoms with van der Waals surface area (Å²) < 4.78 is 108. The number of ether oxygens (including phenoxy) is 2. The lowest BCUT2D eigenvalue weighted by atomic mass is 9.81. The van der Waals surface area contributed by atoms with Crippen molar-refractivity contribution in [2.24, 2.45) is 0 Å². The predicted molar refractivity (Wildman–Crippen MR) is 200 cm³/mol. The van der Waals surface area contributed by atoms with E-state index in [1.54, 1.807) is 30.5 Å². The lowest BCUT2D eigenvalue weighted by Gasteiger charge is -2.29. The number of hydrogen-bond donors (Lipinski definition) is 0. The number of quaternary nitrogens is 1. The number of carbonyl (C=O) groups is 2. The van der Waals surface area contributed by atoms with Crippen molar-refractivity contribution in [3.63, 3.8) is 0 Å². The van der Waals surface area contributed by atoms with E-state index in [0.29, 0.717) is 49.4 Å². The van der Waals surface area contributed by atoms with Gasteiger partial charge in [0.15, 0.2) is 0 Å². The summed E-state index contributed by atoms with van der Waals surface area (Å²) in [5.74, 6) is -5.15. The Morgan fingerprint density at radius 2 is 1.61 bits per heavy atom. The van der Waals surface area contributed by atoms with Gasteiger partial charge in [0.05, 0.1) is 50.4 Å². The number of methoxy groups -OCH3 is 1. The van der Waals surface area contributed by atoms with Gasteiger partial charge in [0.1, 0.15) is 29.3 Å². The lowest BCUT2D eigenvalue weighted by molar-refractivity contribution is -0.870. The molecule has 0 saturated heterocycles. The number of rotatable bonds is 15. The van der Waals surface area contributed by atoms with Gasteiger partial charge in [-0.15, -0.1) is 0 Å². The molecule has 1 atom stereocenters. The molecule has 4 aromatic rings. The van der Waals surface area contributed by atoms with Gasteiger partial charge in [0.25, 0.3) is 0 Å². The van der Waals surface area contributed by atoms with Crippen molar-refractivity contribution in [3.8, 4) is 11.4 Å². The molecular formula is C38H42Cl2F5N4O6S+. The number of carbonyl (C=O) groups excluding carboxylic acids is 2. The number of sulfonamides is 1. The number of benzene rings is 3. The number of halogens is 7. The van der Waals surface area contributed by atoms with Crippen LogP contribution in [0.4, 0.5) is 22.0 Å². The quantitative estimate of drug-likeness (QED) is 0.0523. The van der Waals surface area contributed by atoms with Crippen LogP contribution in [-0.2, 0) is 42.6 Å². The predicted octanol–water partition coefficient (Wildman–Crippen LogP) is 7.68. The van der Waals surface area contributed by atoms with Crippen molar-refractivity contribution in [1.82, 2.24) is 13.9 Å². The van der Waals surface area contributed by atoms with Crippen LogP contribution in [0.1, 0.15) is 49.8 Å². The average molecular weight is 849 g/mol. The third-order valence-electron chi connectivity index (χ3n) is 9.16. The van der Waals surface area contributed by atoms with Crippen LogP contribution >= 0.6 is 23.2 Å². The summed E-state index contributed by atoms with van der Waals surface area (Å²) in [5.41, 5.74) is 1.28. The first-order valence-corrected chi connectivity index (χ1v) is 19.4. The topological polar surface area (TPSA) is 108 Å². The summed E-state index contributed by atoms with van der Waals surface area (Å²) in [6.07, 6.45) is -3.73. The van der Waals surface area contributed by atoms with Gasteiger partial charge in [-0.3, -0.25) is 4.57 Å². The molecule has 1 heterocycles. The first-order valence-electron chi connectivity index (χ1n) is 17.2. The highest BCUT2D eigenvalue weighted by molar-refractivity contribution is 7.89. The van der Waals surface area contributed by atoms with E-state index < -0.39 is 56.1 Å².